The van der Waals surface area contributed by atoms with E-state index >= 15 is 0 Å². The number of rotatable bonds is 7. The van der Waals surface area contributed by atoms with Gasteiger partial charge in [-0.2, -0.15) is 0 Å². The van der Waals surface area contributed by atoms with Crippen molar-refractivity contribution in [1.82, 2.24) is 10.2 Å². The molecule has 1 atom stereocenters. The van der Waals surface area contributed by atoms with E-state index in [0.717, 1.165) is 4.47 Å². The predicted octanol–water partition coefficient (Wildman–Crippen LogP) is 3.79. The predicted molar refractivity (Wildman–Crippen MR) is 113 cm³/mol. The van der Waals surface area contributed by atoms with Crippen LogP contribution in [0.5, 0.6) is 0 Å². The Bertz CT molecular complexity index is 684. The number of nitrogens with one attached hydrogen (secondary N) is 2. The number of amides is 3. The van der Waals surface area contributed by atoms with Crippen LogP contribution < -0.4 is 10.6 Å². The van der Waals surface area contributed by atoms with Crippen molar-refractivity contribution in [3.8, 4) is 0 Å². The van der Waals surface area contributed by atoms with Gasteiger partial charge in [0.15, 0.2) is 0 Å². The largest absolute Gasteiger partial charge is 0.459 e. The second kappa shape index (κ2) is 10.5. The van der Waals surface area contributed by atoms with Gasteiger partial charge in [0.05, 0.1) is 0 Å². The number of urea groups is 1. The molecule has 8 heteroatoms. The molecule has 0 saturated carbocycles. The van der Waals surface area contributed by atoms with Gasteiger partial charge < -0.3 is 20.3 Å². The fourth-order valence-corrected chi connectivity index (χ4v) is 2.73. The number of carbonyl (C=O) groups is 3. The number of nitrogens with zero attached hydrogens (tertiary/aromatic N) is 1. The van der Waals surface area contributed by atoms with Gasteiger partial charge in [0, 0.05) is 17.2 Å². The molecule has 1 aromatic rings. The smallest absolute Gasteiger partial charge is 0.326 e. The summed E-state index contributed by atoms with van der Waals surface area (Å²) in [5.41, 5.74) is -0.0141. The first kappa shape index (κ1) is 23.9. The van der Waals surface area contributed by atoms with Crippen molar-refractivity contribution < 1.29 is 19.1 Å². The number of benzene rings is 1. The molecule has 0 aliphatic carbocycles. The molecule has 0 unspecified atom stereocenters. The molecule has 1 rings (SSSR count). The van der Waals surface area contributed by atoms with Crippen molar-refractivity contribution in [2.45, 2.75) is 52.7 Å². The van der Waals surface area contributed by atoms with Crippen LogP contribution in [0.15, 0.2) is 28.7 Å². The number of halogens is 1. The highest BCUT2D eigenvalue weighted by Crippen LogP contribution is 2.14. The van der Waals surface area contributed by atoms with Gasteiger partial charge >= 0.3 is 12.0 Å². The number of hydrogen-bond acceptors (Lipinski definition) is 4. The lowest BCUT2D eigenvalue weighted by atomic mass is 10.0. The Morgan fingerprint density at radius 3 is 2.21 bits per heavy atom. The first-order chi connectivity index (χ1) is 12.9. The quantitative estimate of drug-likeness (QED) is 0.612. The Morgan fingerprint density at radius 2 is 1.71 bits per heavy atom. The summed E-state index contributed by atoms with van der Waals surface area (Å²) in [4.78, 5) is 38.4. The number of ether oxygens (including phenoxy) is 1. The molecule has 0 radical (unpaired) electrons. The average molecular weight is 456 g/mol. The summed E-state index contributed by atoms with van der Waals surface area (Å²) in [6.45, 7) is 9.04. The van der Waals surface area contributed by atoms with Crippen LogP contribution in [-0.2, 0) is 14.3 Å². The average Bonchev–Trinajstić information content (AvgIpc) is 2.53. The van der Waals surface area contributed by atoms with E-state index in [2.05, 4.69) is 26.6 Å². The van der Waals surface area contributed by atoms with E-state index in [1.807, 2.05) is 13.8 Å². The van der Waals surface area contributed by atoms with Crippen LogP contribution in [0.1, 0.15) is 41.0 Å². The van der Waals surface area contributed by atoms with Gasteiger partial charge in [-0.3, -0.25) is 9.59 Å². The highest BCUT2D eigenvalue weighted by atomic mass is 79.9. The zero-order chi connectivity index (χ0) is 21.5. The number of hydrogen-bond donors (Lipinski definition) is 2. The molecule has 0 bridgehead atoms. The number of esters is 1. The van der Waals surface area contributed by atoms with Crippen molar-refractivity contribution >= 4 is 39.5 Å². The van der Waals surface area contributed by atoms with Crippen molar-refractivity contribution in [2.75, 3.05) is 18.9 Å². The SMILES string of the molecule is CC(C)C[C@H](NC(=O)Nc1ccc(Br)cc1)C(=O)N(C)CC(=O)OC(C)(C)C. The van der Waals surface area contributed by atoms with E-state index in [-0.39, 0.29) is 18.4 Å². The fraction of sp³-hybridized carbons (Fsp3) is 0.550. The molecule has 3 amide bonds. The minimum atomic E-state index is -0.747. The van der Waals surface area contributed by atoms with E-state index in [0.29, 0.717) is 12.1 Å². The molecule has 1 aromatic carbocycles. The molecule has 0 aromatic heterocycles. The third kappa shape index (κ3) is 9.21. The third-order valence-electron chi connectivity index (χ3n) is 3.58. The molecular formula is C20H30BrN3O4. The van der Waals surface area contributed by atoms with Gasteiger partial charge in [0.2, 0.25) is 5.91 Å². The van der Waals surface area contributed by atoms with Gasteiger partial charge in [0.25, 0.3) is 0 Å². The molecule has 156 valence electrons. The van der Waals surface area contributed by atoms with Crippen molar-refractivity contribution in [1.29, 1.82) is 0 Å². The molecule has 0 fully saturated rings. The maximum Gasteiger partial charge on any atom is 0.326 e. The summed E-state index contributed by atoms with van der Waals surface area (Å²) < 4.78 is 6.15. The topological polar surface area (TPSA) is 87.7 Å². The maximum absolute atomic E-state index is 12.8. The van der Waals surface area contributed by atoms with Crippen LogP contribution in [0.4, 0.5) is 10.5 Å². The van der Waals surface area contributed by atoms with Crippen LogP contribution in [0.25, 0.3) is 0 Å². The number of carbonyl (C=O) groups excluding carboxylic acids is 3. The molecule has 0 aliphatic rings. The Hall–Kier alpha value is -2.09. The lowest BCUT2D eigenvalue weighted by molar-refractivity contribution is -0.158. The minimum absolute atomic E-state index is 0.178. The molecule has 0 spiro atoms. The molecule has 0 saturated heterocycles. The molecule has 0 aliphatic heterocycles. The van der Waals surface area contributed by atoms with Gasteiger partial charge in [-0.1, -0.05) is 29.8 Å². The molecule has 28 heavy (non-hydrogen) atoms. The molecule has 0 heterocycles. The van der Waals surface area contributed by atoms with Crippen LogP contribution >= 0.6 is 15.9 Å². The third-order valence-corrected chi connectivity index (χ3v) is 4.10. The first-order valence-corrected chi connectivity index (χ1v) is 9.96. The van der Waals surface area contributed by atoms with E-state index in [1.54, 1.807) is 45.0 Å². The van der Waals surface area contributed by atoms with Crippen LogP contribution in [-0.4, -0.2) is 48.0 Å². The first-order valence-electron chi connectivity index (χ1n) is 9.17. The van der Waals surface area contributed by atoms with Crippen molar-refractivity contribution in [3.63, 3.8) is 0 Å². The van der Waals surface area contributed by atoms with E-state index < -0.39 is 23.6 Å². The van der Waals surface area contributed by atoms with Crippen LogP contribution in [0, 0.1) is 5.92 Å². The Morgan fingerprint density at radius 1 is 1.14 bits per heavy atom. The summed E-state index contributed by atoms with van der Waals surface area (Å²) in [5, 5.41) is 5.41. The number of likely N-dealkylation sites (N-methyl/N-ethyl adjacent to an activating group) is 1. The monoisotopic (exact) mass is 455 g/mol. The Labute approximate surface area is 175 Å². The highest BCUT2D eigenvalue weighted by Gasteiger charge is 2.27. The van der Waals surface area contributed by atoms with Gasteiger partial charge in [-0.25, -0.2) is 4.79 Å². The lowest BCUT2D eigenvalue weighted by Crippen LogP contribution is -2.50. The lowest BCUT2D eigenvalue weighted by Gasteiger charge is -2.27. The molecule has 2 N–H and O–H groups in total. The summed E-state index contributed by atoms with van der Waals surface area (Å²) >= 11 is 3.34. The van der Waals surface area contributed by atoms with E-state index in [4.69, 9.17) is 4.74 Å². The van der Waals surface area contributed by atoms with Gasteiger partial charge in [-0.05, 0) is 57.4 Å². The molecular weight excluding hydrogens is 426 g/mol. The second-order valence-corrected chi connectivity index (χ2v) is 8.98. The van der Waals surface area contributed by atoms with E-state index in [1.165, 1.54) is 11.9 Å². The zero-order valence-electron chi connectivity index (χ0n) is 17.3. The molecule has 7 nitrogen and oxygen atoms in total. The van der Waals surface area contributed by atoms with Crippen LogP contribution in [0.2, 0.25) is 0 Å². The fourth-order valence-electron chi connectivity index (χ4n) is 2.46. The Kier molecular flexibility index (Phi) is 8.94. The standard InChI is InChI=1S/C20H30BrN3O4/c1-13(2)11-16(18(26)24(6)12-17(25)28-20(3,4)5)23-19(27)22-15-9-7-14(21)8-10-15/h7-10,13,16H,11-12H2,1-6H3,(H2,22,23,27)/t16-/m0/s1. The maximum atomic E-state index is 12.8. The summed E-state index contributed by atoms with van der Waals surface area (Å²) in [7, 11) is 1.52. The summed E-state index contributed by atoms with van der Waals surface area (Å²) in [6.07, 6.45) is 0.450. The minimum Gasteiger partial charge on any atom is -0.459 e. The summed E-state index contributed by atoms with van der Waals surface area (Å²) in [6, 6.07) is 5.88. The number of anilines is 1. The van der Waals surface area contributed by atoms with Crippen molar-refractivity contribution in [3.05, 3.63) is 28.7 Å². The Balaban J connectivity index is 2.74. The van der Waals surface area contributed by atoms with Crippen molar-refractivity contribution in [2.24, 2.45) is 5.92 Å². The van der Waals surface area contributed by atoms with E-state index in [9.17, 15) is 14.4 Å². The second-order valence-electron chi connectivity index (χ2n) is 8.07. The van der Waals surface area contributed by atoms with Gasteiger partial charge in [-0.15, -0.1) is 0 Å². The highest BCUT2D eigenvalue weighted by molar-refractivity contribution is 9.10. The summed E-state index contributed by atoms with van der Waals surface area (Å²) in [5.74, 6) is -0.659. The van der Waals surface area contributed by atoms with Gasteiger partial charge in [0.1, 0.15) is 18.2 Å². The normalized spacial score (nSPS) is 12.3. The van der Waals surface area contributed by atoms with Crippen LogP contribution in [0.3, 0.4) is 0 Å². The zero-order valence-corrected chi connectivity index (χ0v) is 18.9.